The van der Waals surface area contributed by atoms with Gasteiger partial charge in [0.15, 0.2) is 0 Å². The predicted molar refractivity (Wildman–Crippen MR) is 47.9 cm³/mol. The summed E-state index contributed by atoms with van der Waals surface area (Å²) >= 11 is 2.53. The Morgan fingerprint density at radius 1 is 1.57 bits per heavy atom. The van der Waals surface area contributed by atoms with Crippen LogP contribution in [0.3, 0.4) is 0 Å². The Labute approximate surface area is 87.1 Å². The molecule has 1 aromatic heterocycles. The zero-order valence-electron chi connectivity index (χ0n) is 6.92. The highest BCUT2D eigenvalue weighted by molar-refractivity contribution is 9.09. The van der Waals surface area contributed by atoms with E-state index in [-0.39, 0.29) is 12.2 Å². The normalized spacial score (nSPS) is 13.6. The Balaban J connectivity index is 2.75. The molecule has 0 N–H and O–H groups in total. The summed E-state index contributed by atoms with van der Waals surface area (Å²) in [6.07, 6.45) is -2.85. The number of nitrogens with zero attached hydrogens (tertiary/aromatic N) is 2. The van der Waals surface area contributed by atoms with Crippen LogP contribution in [0.25, 0.3) is 0 Å². The van der Waals surface area contributed by atoms with E-state index in [9.17, 15) is 13.2 Å². The van der Waals surface area contributed by atoms with E-state index in [4.69, 9.17) is 5.26 Å². The molecule has 1 aromatic rings. The molecule has 0 radical (unpaired) electrons. The highest BCUT2D eigenvalue weighted by atomic mass is 79.9. The van der Waals surface area contributed by atoms with Crippen molar-refractivity contribution in [3.63, 3.8) is 0 Å². The second-order valence-electron chi connectivity index (χ2n) is 2.67. The monoisotopic (exact) mass is 266 g/mol. The van der Waals surface area contributed by atoms with Crippen LogP contribution in [0.4, 0.5) is 13.2 Å². The van der Waals surface area contributed by atoms with E-state index in [0.29, 0.717) is 0 Å². The Hall–Kier alpha value is -0.960. The predicted octanol–water partition coefficient (Wildman–Crippen LogP) is 2.69. The van der Waals surface area contributed by atoms with Crippen molar-refractivity contribution < 1.29 is 13.2 Å². The van der Waals surface area contributed by atoms with Crippen LogP contribution in [-0.4, -0.2) is 15.6 Å². The van der Waals surface area contributed by atoms with Crippen LogP contribution in [0.1, 0.15) is 5.69 Å². The van der Waals surface area contributed by atoms with Gasteiger partial charge in [0, 0.05) is 12.7 Å². The topological polar surface area (TPSA) is 28.7 Å². The SMILES string of the molecule is N#Cc1cccn1CC(Br)C(F)(F)F. The molecule has 14 heavy (non-hydrogen) atoms. The Morgan fingerprint density at radius 3 is 2.71 bits per heavy atom. The first kappa shape index (κ1) is 11.1. The third-order valence-corrected chi connectivity index (χ3v) is 2.46. The van der Waals surface area contributed by atoms with Crippen LogP contribution in [-0.2, 0) is 6.54 Å². The third-order valence-electron chi connectivity index (χ3n) is 1.66. The number of alkyl halides is 4. The molecule has 6 heteroatoms. The first-order valence-electron chi connectivity index (χ1n) is 3.71. The number of hydrogen-bond donors (Lipinski definition) is 0. The average Bonchev–Trinajstić information content (AvgIpc) is 2.50. The van der Waals surface area contributed by atoms with Crippen LogP contribution in [0.15, 0.2) is 18.3 Å². The molecule has 0 saturated heterocycles. The molecule has 0 fully saturated rings. The van der Waals surface area contributed by atoms with Gasteiger partial charge in [-0.05, 0) is 12.1 Å². The fourth-order valence-corrected chi connectivity index (χ4v) is 1.26. The molecule has 0 aromatic carbocycles. The minimum atomic E-state index is -4.29. The zero-order chi connectivity index (χ0) is 10.8. The second kappa shape index (κ2) is 4.05. The number of aromatic nitrogens is 1. The molecule has 2 nitrogen and oxygen atoms in total. The van der Waals surface area contributed by atoms with Crippen molar-refractivity contribution in [2.24, 2.45) is 0 Å². The Morgan fingerprint density at radius 2 is 2.21 bits per heavy atom. The van der Waals surface area contributed by atoms with E-state index in [1.54, 1.807) is 0 Å². The van der Waals surface area contributed by atoms with Crippen molar-refractivity contribution in [2.75, 3.05) is 0 Å². The summed E-state index contributed by atoms with van der Waals surface area (Å²) in [7, 11) is 0. The zero-order valence-corrected chi connectivity index (χ0v) is 8.51. The van der Waals surface area contributed by atoms with Crippen LogP contribution in [0.5, 0.6) is 0 Å². The quantitative estimate of drug-likeness (QED) is 0.757. The summed E-state index contributed by atoms with van der Waals surface area (Å²) in [5, 5.41) is 8.56. The molecule has 0 aliphatic heterocycles. The first-order chi connectivity index (χ1) is 6.45. The molecule has 0 spiro atoms. The van der Waals surface area contributed by atoms with Gasteiger partial charge in [-0.25, -0.2) is 0 Å². The maximum Gasteiger partial charge on any atom is 0.402 e. The van der Waals surface area contributed by atoms with Crippen LogP contribution in [0, 0.1) is 11.3 Å². The van der Waals surface area contributed by atoms with Crippen molar-refractivity contribution in [2.45, 2.75) is 17.5 Å². The van der Waals surface area contributed by atoms with E-state index in [1.165, 1.54) is 22.9 Å². The molecular formula is C8H6BrF3N2. The Kier molecular flexibility index (Phi) is 3.21. The maximum absolute atomic E-state index is 12.1. The van der Waals surface area contributed by atoms with Gasteiger partial charge in [0.25, 0.3) is 0 Å². The van der Waals surface area contributed by atoms with Gasteiger partial charge >= 0.3 is 6.18 Å². The van der Waals surface area contributed by atoms with Gasteiger partial charge < -0.3 is 4.57 Å². The Bertz CT molecular complexity index is 350. The van der Waals surface area contributed by atoms with Crippen molar-refractivity contribution in [1.82, 2.24) is 4.57 Å². The van der Waals surface area contributed by atoms with Gasteiger partial charge in [0.1, 0.15) is 16.6 Å². The standard InChI is InChI=1S/C8H6BrF3N2/c9-7(8(10,11)12)5-14-3-1-2-6(14)4-13/h1-3,7H,5H2. The number of nitriles is 1. The fraction of sp³-hybridized carbons (Fsp3) is 0.375. The number of rotatable bonds is 2. The van der Waals surface area contributed by atoms with E-state index in [0.717, 1.165) is 0 Å². The molecule has 1 unspecified atom stereocenters. The molecule has 0 aliphatic carbocycles. The van der Waals surface area contributed by atoms with Gasteiger partial charge in [-0.1, -0.05) is 15.9 Å². The molecule has 0 saturated carbocycles. The average molecular weight is 267 g/mol. The molecule has 1 atom stereocenters. The lowest BCUT2D eigenvalue weighted by molar-refractivity contribution is -0.129. The lowest BCUT2D eigenvalue weighted by atomic mass is 10.4. The number of halogens is 4. The summed E-state index contributed by atoms with van der Waals surface area (Å²) in [5.74, 6) is 0. The lowest BCUT2D eigenvalue weighted by Crippen LogP contribution is -2.27. The summed E-state index contributed by atoms with van der Waals surface area (Å²) in [4.78, 5) is -1.63. The largest absolute Gasteiger partial charge is 0.402 e. The highest BCUT2D eigenvalue weighted by Gasteiger charge is 2.37. The molecule has 76 valence electrons. The van der Waals surface area contributed by atoms with Crippen molar-refractivity contribution >= 4 is 15.9 Å². The van der Waals surface area contributed by atoms with Crippen LogP contribution in [0.2, 0.25) is 0 Å². The van der Waals surface area contributed by atoms with E-state index in [2.05, 4.69) is 15.9 Å². The highest BCUT2D eigenvalue weighted by Crippen LogP contribution is 2.27. The van der Waals surface area contributed by atoms with Crippen molar-refractivity contribution in [1.29, 1.82) is 5.26 Å². The number of hydrogen-bond acceptors (Lipinski definition) is 1. The third kappa shape index (κ3) is 2.51. The van der Waals surface area contributed by atoms with E-state index in [1.807, 2.05) is 6.07 Å². The van der Waals surface area contributed by atoms with Crippen LogP contribution < -0.4 is 0 Å². The summed E-state index contributed by atoms with van der Waals surface area (Å²) < 4.78 is 37.7. The van der Waals surface area contributed by atoms with Gasteiger partial charge in [-0.15, -0.1) is 0 Å². The minimum Gasteiger partial charge on any atom is -0.338 e. The van der Waals surface area contributed by atoms with Gasteiger partial charge in [0.05, 0.1) is 0 Å². The molecule has 0 amide bonds. The fourth-order valence-electron chi connectivity index (χ4n) is 0.951. The molecule has 1 heterocycles. The summed E-state index contributed by atoms with van der Waals surface area (Å²) in [6.45, 7) is -0.292. The summed E-state index contributed by atoms with van der Waals surface area (Å²) in [6, 6.07) is 4.81. The smallest absolute Gasteiger partial charge is 0.338 e. The van der Waals surface area contributed by atoms with E-state index >= 15 is 0 Å². The van der Waals surface area contributed by atoms with E-state index < -0.39 is 11.0 Å². The minimum absolute atomic E-state index is 0.221. The maximum atomic E-state index is 12.1. The molecule has 0 aliphatic rings. The molecule has 1 rings (SSSR count). The van der Waals surface area contributed by atoms with Gasteiger partial charge in [-0.3, -0.25) is 0 Å². The van der Waals surface area contributed by atoms with Gasteiger partial charge in [0.2, 0.25) is 0 Å². The van der Waals surface area contributed by atoms with Crippen LogP contribution >= 0.6 is 15.9 Å². The molecule has 0 bridgehead atoms. The lowest BCUT2D eigenvalue weighted by Gasteiger charge is -2.14. The van der Waals surface area contributed by atoms with Crippen molar-refractivity contribution in [3.05, 3.63) is 24.0 Å². The van der Waals surface area contributed by atoms with Crippen molar-refractivity contribution in [3.8, 4) is 6.07 Å². The second-order valence-corrected chi connectivity index (χ2v) is 3.77. The first-order valence-corrected chi connectivity index (χ1v) is 4.62. The summed E-state index contributed by atoms with van der Waals surface area (Å²) in [5.41, 5.74) is 0.221. The van der Waals surface area contributed by atoms with Gasteiger partial charge in [-0.2, -0.15) is 18.4 Å². The molecular weight excluding hydrogens is 261 g/mol.